The Morgan fingerprint density at radius 1 is 1.05 bits per heavy atom. The van der Waals surface area contributed by atoms with Gasteiger partial charge < -0.3 is 14.6 Å². The second kappa shape index (κ2) is 7.61. The third kappa shape index (κ3) is 4.09. The zero-order valence-electron chi connectivity index (χ0n) is 12.6. The Hall–Kier alpha value is -2.33. The summed E-state index contributed by atoms with van der Waals surface area (Å²) in [7, 11) is 0. The molecule has 0 aromatic heterocycles. The first-order valence-corrected chi connectivity index (χ1v) is 7.25. The predicted octanol–water partition coefficient (Wildman–Crippen LogP) is 4.20. The molecular formula is C18H20O4. The van der Waals surface area contributed by atoms with Crippen molar-refractivity contribution in [3.8, 4) is 0 Å². The molecule has 0 amide bonds. The maximum atomic E-state index is 10.8. The van der Waals surface area contributed by atoms with E-state index in [1.807, 2.05) is 67.6 Å². The lowest BCUT2D eigenvalue weighted by Crippen LogP contribution is -2.35. The van der Waals surface area contributed by atoms with Gasteiger partial charge in [-0.1, -0.05) is 67.6 Å². The molecule has 0 saturated carbocycles. The molecule has 2 aromatic rings. The standard InChI is InChI=1S/C18H20O4/c1-2-18(14-21-17(19)20,16-11-7-4-8-12-16)22-13-15-9-5-3-6-10-15/h3-12H,2,13-14H2,1H3,(H,19,20). The highest BCUT2D eigenvalue weighted by Gasteiger charge is 2.33. The zero-order chi connectivity index (χ0) is 15.8. The zero-order valence-corrected chi connectivity index (χ0v) is 12.6. The second-order valence-electron chi connectivity index (χ2n) is 5.04. The molecule has 0 spiro atoms. The number of rotatable bonds is 7. The van der Waals surface area contributed by atoms with Gasteiger partial charge in [-0.25, -0.2) is 4.79 Å². The summed E-state index contributed by atoms with van der Waals surface area (Å²) in [5.41, 5.74) is 1.16. The van der Waals surface area contributed by atoms with Gasteiger partial charge in [0.05, 0.1) is 6.61 Å². The smallest absolute Gasteiger partial charge is 0.450 e. The van der Waals surface area contributed by atoms with Gasteiger partial charge in [0.25, 0.3) is 0 Å². The third-order valence-electron chi connectivity index (χ3n) is 3.66. The van der Waals surface area contributed by atoms with E-state index in [0.29, 0.717) is 13.0 Å². The van der Waals surface area contributed by atoms with Gasteiger partial charge in [-0.15, -0.1) is 0 Å². The van der Waals surface area contributed by atoms with Crippen LogP contribution in [0.3, 0.4) is 0 Å². The summed E-state index contributed by atoms with van der Waals surface area (Å²) < 4.78 is 10.9. The fraction of sp³-hybridized carbons (Fsp3) is 0.278. The van der Waals surface area contributed by atoms with E-state index in [9.17, 15) is 4.79 Å². The highest BCUT2D eigenvalue weighted by atomic mass is 16.7. The molecule has 0 aliphatic carbocycles. The Bertz CT molecular complexity index is 583. The molecule has 0 aliphatic rings. The van der Waals surface area contributed by atoms with Crippen molar-refractivity contribution >= 4 is 6.16 Å². The summed E-state index contributed by atoms with van der Waals surface area (Å²) in [5, 5.41) is 8.83. The van der Waals surface area contributed by atoms with Crippen LogP contribution in [0, 0.1) is 0 Å². The molecule has 4 heteroatoms. The van der Waals surface area contributed by atoms with Crippen LogP contribution in [0.25, 0.3) is 0 Å². The van der Waals surface area contributed by atoms with Crippen LogP contribution in [0.2, 0.25) is 0 Å². The normalized spacial score (nSPS) is 13.3. The molecule has 1 atom stereocenters. The summed E-state index contributed by atoms with van der Waals surface area (Å²) >= 11 is 0. The van der Waals surface area contributed by atoms with Gasteiger partial charge in [0.1, 0.15) is 12.2 Å². The Kier molecular flexibility index (Phi) is 5.55. The molecule has 22 heavy (non-hydrogen) atoms. The van der Waals surface area contributed by atoms with Crippen molar-refractivity contribution in [2.75, 3.05) is 6.61 Å². The highest BCUT2D eigenvalue weighted by molar-refractivity contribution is 5.56. The Labute approximate surface area is 130 Å². The van der Waals surface area contributed by atoms with Crippen LogP contribution < -0.4 is 0 Å². The van der Waals surface area contributed by atoms with Crippen LogP contribution in [0.15, 0.2) is 60.7 Å². The molecule has 1 N–H and O–H groups in total. The van der Waals surface area contributed by atoms with Gasteiger partial charge in [0.2, 0.25) is 0 Å². The summed E-state index contributed by atoms with van der Waals surface area (Å²) in [6.45, 7) is 2.32. The molecule has 0 aliphatic heterocycles. The maximum absolute atomic E-state index is 10.8. The van der Waals surface area contributed by atoms with Crippen molar-refractivity contribution < 1.29 is 19.4 Å². The monoisotopic (exact) mass is 300 g/mol. The number of carbonyl (C=O) groups is 1. The molecule has 116 valence electrons. The molecule has 0 fully saturated rings. The number of hydrogen-bond donors (Lipinski definition) is 1. The van der Waals surface area contributed by atoms with Crippen LogP contribution in [0.5, 0.6) is 0 Å². The van der Waals surface area contributed by atoms with Crippen molar-refractivity contribution in [2.45, 2.75) is 25.6 Å². The lowest BCUT2D eigenvalue weighted by molar-refractivity contribution is -0.104. The van der Waals surface area contributed by atoms with Crippen molar-refractivity contribution in [2.24, 2.45) is 0 Å². The SMILES string of the molecule is CCC(COC(=O)O)(OCc1ccccc1)c1ccccc1. The van der Waals surface area contributed by atoms with Crippen molar-refractivity contribution in [3.63, 3.8) is 0 Å². The summed E-state index contributed by atoms with van der Waals surface area (Å²) in [5.74, 6) is 0. The minimum absolute atomic E-state index is 0.0321. The molecule has 0 saturated heterocycles. The molecule has 1 unspecified atom stereocenters. The Balaban J connectivity index is 2.21. The van der Waals surface area contributed by atoms with Crippen molar-refractivity contribution in [1.82, 2.24) is 0 Å². The third-order valence-corrected chi connectivity index (χ3v) is 3.66. The maximum Gasteiger partial charge on any atom is 0.505 e. The van der Waals surface area contributed by atoms with Crippen LogP contribution in [-0.2, 0) is 21.7 Å². The lowest BCUT2D eigenvalue weighted by Gasteiger charge is -2.32. The summed E-state index contributed by atoms with van der Waals surface area (Å²) in [6.07, 6.45) is -0.686. The first-order chi connectivity index (χ1) is 10.7. The van der Waals surface area contributed by atoms with Gasteiger partial charge in [-0.3, -0.25) is 0 Å². The van der Waals surface area contributed by atoms with E-state index < -0.39 is 11.8 Å². The van der Waals surface area contributed by atoms with Crippen LogP contribution >= 0.6 is 0 Å². The fourth-order valence-corrected chi connectivity index (χ4v) is 2.33. The molecule has 4 nitrogen and oxygen atoms in total. The molecule has 0 radical (unpaired) electrons. The first-order valence-electron chi connectivity index (χ1n) is 7.25. The van der Waals surface area contributed by atoms with E-state index in [4.69, 9.17) is 14.6 Å². The van der Waals surface area contributed by atoms with Gasteiger partial charge in [0, 0.05) is 0 Å². The predicted molar refractivity (Wildman–Crippen MR) is 83.6 cm³/mol. The topological polar surface area (TPSA) is 55.8 Å². The molecule has 0 heterocycles. The average Bonchev–Trinajstić information content (AvgIpc) is 2.57. The minimum Gasteiger partial charge on any atom is -0.450 e. The largest absolute Gasteiger partial charge is 0.505 e. The van der Waals surface area contributed by atoms with Crippen LogP contribution in [0.1, 0.15) is 24.5 Å². The second-order valence-corrected chi connectivity index (χ2v) is 5.04. The quantitative estimate of drug-likeness (QED) is 0.778. The van der Waals surface area contributed by atoms with E-state index in [0.717, 1.165) is 11.1 Å². The highest BCUT2D eigenvalue weighted by Crippen LogP contribution is 2.31. The van der Waals surface area contributed by atoms with Gasteiger partial charge in [-0.05, 0) is 17.5 Å². The Morgan fingerprint density at radius 2 is 1.64 bits per heavy atom. The molecule has 2 rings (SSSR count). The summed E-state index contributed by atoms with van der Waals surface area (Å²) in [6, 6.07) is 19.4. The lowest BCUT2D eigenvalue weighted by atomic mass is 9.91. The number of ether oxygens (including phenoxy) is 2. The van der Waals surface area contributed by atoms with Gasteiger partial charge >= 0.3 is 6.16 Å². The van der Waals surface area contributed by atoms with E-state index in [-0.39, 0.29) is 6.61 Å². The van der Waals surface area contributed by atoms with Crippen LogP contribution in [0.4, 0.5) is 4.79 Å². The van der Waals surface area contributed by atoms with Gasteiger partial charge in [0.15, 0.2) is 0 Å². The Morgan fingerprint density at radius 3 is 2.18 bits per heavy atom. The number of hydrogen-bond acceptors (Lipinski definition) is 3. The van der Waals surface area contributed by atoms with Crippen molar-refractivity contribution in [3.05, 3.63) is 71.8 Å². The molecular weight excluding hydrogens is 280 g/mol. The van der Waals surface area contributed by atoms with Crippen LogP contribution in [-0.4, -0.2) is 17.9 Å². The van der Waals surface area contributed by atoms with Gasteiger partial charge in [-0.2, -0.15) is 0 Å². The van der Waals surface area contributed by atoms with E-state index in [2.05, 4.69) is 0 Å². The van der Waals surface area contributed by atoms with E-state index in [1.165, 1.54) is 0 Å². The van der Waals surface area contributed by atoms with E-state index in [1.54, 1.807) is 0 Å². The van der Waals surface area contributed by atoms with E-state index >= 15 is 0 Å². The number of carboxylic acid groups (broad SMARTS) is 1. The fourth-order valence-electron chi connectivity index (χ4n) is 2.33. The summed E-state index contributed by atoms with van der Waals surface area (Å²) in [4.78, 5) is 10.8. The number of benzene rings is 2. The first kappa shape index (κ1) is 16.0. The van der Waals surface area contributed by atoms with Crippen molar-refractivity contribution in [1.29, 1.82) is 0 Å². The molecule has 2 aromatic carbocycles. The average molecular weight is 300 g/mol. The minimum atomic E-state index is -1.29. The molecule has 0 bridgehead atoms.